The number of imide groups is 1. The van der Waals surface area contributed by atoms with Crippen molar-refractivity contribution in [1.29, 1.82) is 0 Å². The fourth-order valence-corrected chi connectivity index (χ4v) is 3.09. The molecule has 0 aliphatic rings. The first-order valence-electron chi connectivity index (χ1n) is 9.86. The third-order valence-corrected chi connectivity index (χ3v) is 4.65. The van der Waals surface area contributed by atoms with Gasteiger partial charge < -0.3 is 26.7 Å². The quantitative estimate of drug-likeness (QED) is 0.364. The van der Waals surface area contributed by atoms with E-state index in [0.717, 1.165) is 34.2 Å². The number of nitrogens with zero attached hydrogens (tertiary/aromatic N) is 1. The number of carbonyl (C=O) groups excluding carboxylic acids is 2. The number of aromatic nitrogens is 1. The molecule has 10 heteroatoms. The molecule has 0 fully saturated rings. The number of hydrogen-bond donors (Lipinski definition) is 5. The average Bonchev–Trinajstić information content (AvgIpc) is 3.10. The summed E-state index contributed by atoms with van der Waals surface area (Å²) in [7, 11) is 0. The third kappa shape index (κ3) is 7.83. The summed E-state index contributed by atoms with van der Waals surface area (Å²) in [6.45, 7) is 2.98. The maximum absolute atomic E-state index is 11.6. The summed E-state index contributed by atoms with van der Waals surface area (Å²) in [5.41, 5.74) is 12.1. The maximum atomic E-state index is 11.6. The molecule has 1 aromatic carbocycles. The van der Waals surface area contributed by atoms with Crippen molar-refractivity contribution in [2.75, 3.05) is 6.54 Å². The molecule has 0 saturated heterocycles. The number of aliphatic carboxylic acids is 2. The maximum Gasteiger partial charge on any atom is 0.327 e. The van der Waals surface area contributed by atoms with Crippen molar-refractivity contribution >= 4 is 34.7 Å². The number of H-pyrrole nitrogens is 1. The molecule has 2 rings (SSSR count). The highest BCUT2D eigenvalue weighted by Gasteiger charge is 2.31. The molecular weight excluding hydrogens is 404 g/mol. The normalized spacial score (nSPS) is 12.4. The van der Waals surface area contributed by atoms with Crippen LogP contribution in [-0.4, -0.2) is 62.5 Å². The fraction of sp³-hybridized carbons (Fsp3) is 0.429. The van der Waals surface area contributed by atoms with Crippen LogP contribution in [0, 0.1) is 0 Å². The Kier molecular flexibility index (Phi) is 10.4. The van der Waals surface area contributed by atoms with Gasteiger partial charge in [-0.05, 0) is 31.0 Å². The van der Waals surface area contributed by atoms with E-state index in [4.69, 9.17) is 16.6 Å². The summed E-state index contributed by atoms with van der Waals surface area (Å²) in [6, 6.07) is 5.54. The minimum atomic E-state index is -1.21. The van der Waals surface area contributed by atoms with Crippen LogP contribution < -0.4 is 11.5 Å². The Morgan fingerprint density at radius 1 is 1.03 bits per heavy atom. The molecule has 0 bridgehead atoms. The van der Waals surface area contributed by atoms with Gasteiger partial charge in [-0.1, -0.05) is 24.6 Å². The van der Waals surface area contributed by atoms with Gasteiger partial charge in [-0.25, -0.2) is 4.79 Å². The predicted octanol–water partition coefficient (Wildman–Crippen LogP) is 1.09. The van der Waals surface area contributed by atoms with Crippen LogP contribution in [0.4, 0.5) is 0 Å². The number of hydrogen-bond acceptors (Lipinski definition) is 6. The van der Waals surface area contributed by atoms with Gasteiger partial charge in [-0.2, -0.15) is 0 Å². The summed E-state index contributed by atoms with van der Waals surface area (Å²) in [6.07, 6.45) is 3.94. The smallest absolute Gasteiger partial charge is 0.327 e. The van der Waals surface area contributed by atoms with Crippen LogP contribution in [0.2, 0.25) is 0 Å². The standard InChI is InChI=1S/C15H16N2O4.C6H14N2O2/c1-9(18)17(10(2)19)14(15(20)21)7-11-8-16-13-6-4-3-5-12(11)13;7-4-2-1-3-5(8)6(9)10/h3-6,8,14,16H,7H2,1-2H3,(H,20,21);5H,1-4,7-8H2,(H,9,10). The van der Waals surface area contributed by atoms with Crippen LogP contribution in [0.1, 0.15) is 38.7 Å². The highest BCUT2D eigenvalue weighted by Crippen LogP contribution is 2.21. The lowest BCUT2D eigenvalue weighted by molar-refractivity contribution is -0.156. The van der Waals surface area contributed by atoms with Gasteiger partial charge in [0, 0.05) is 37.4 Å². The lowest BCUT2D eigenvalue weighted by Crippen LogP contribution is -2.48. The van der Waals surface area contributed by atoms with Gasteiger partial charge in [0.25, 0.3) is 0 Å². The molecule has 31 heavy (non-hydrogen) atoms. The number of nitrogens with one attached hydrogen (secondary N) is 1. The van der Waals surface area contributed by atoms with Gasteiger partial charge in [0.15, 0.2) is 0 Å². The first-order valence-corrected chi connectivity index (χ1v) is 9.86. The van der Waals surface area contributed by atoms with E-state index in [1.165, 1.54) is 13.8 Å². The molecule has 2 unspecified atom stereocenters. The topological polar surface area (TPSA) is 180 Å². The molecular formula is C21H30N4O6. The van der Waals surface area contributed by atoms with E-state index in [9.17, 15) is 24.3 Å². The van der Waals surface area contributed by atoms with Gasteiger partial charge in [-0.3, -0.25) is 19.3 Å². The Morgan fingerprint density at radius 3 is 2.16 bits per heavy atom. The van der Waals surface area contributed by atoms with Gasteiger partial charge in [0.1, 0.15) is 12.1 Å². The Morgan fingerprint density at radius 2 is 1.65 bits per heavy atom. The van der Waals surface area contributed by atoms with Gasteiger partial charge in [0.2, 0.25) is 11.8 Å². The number of aromatic amines is 1. The van der Waals surface area contributed by atoms with Gasteiger partial charge in [-0.15, -0.1) is 0 Å². The largest absolute Gasteiger partial charge is 0.480 e. The van der Waals surface area contributed by atoms with Crippen LogP contribution in [0.25, 0.3) is 10.9 Å². The summed E-state index contributed by atoms with van der Waals surface area (Å²) < 4.78 is 0. The number of nitrogens with two attached hydrogens (primary N) is 2. The number of carboxylic acid groups (broad SMARTS) is 2. The van der Waals surface area contributed by atoms with Crippen LogP contribution in [0.3, 0.4) is 0 Å². The molecule has 1 heterocycles. The summed E-state index contributed by atoms with van der Waals surface area (Å²) in [5.74, 6) is -3.29. The van der Waals surface area contributed by atoms with Crippen LogP contribution in [0.15, 0.2) is 30.5 Å². The zero-order valence-corrected chi connectivity index (χ0v) is 17.7. The number of para-hydroxylation sites is 1. The Bertz CT molecular complexity index is 896. The SMILES string of the molecule is CC(=O)N(C(C)=O)C(Cc1c[nH]c2ccccc12)C(=O)O.NCCCCC(N)C(=O)O. The zero-order chi connectivity index (χ0) is 23.6. The lowest BCUT2D eigenvalue weighted by atomic mass is 10.0. The Hall–Kier alpha value is -3.24. The zero-order valence-electron chi connectivity index (χ0n) is 17.7. The highest BCUT2D eigenvalue weighted by atomic mass is 16.4. The molecule has 7 N–H and O–H groups in total. The molecule has 2 atom stereocenters. The number of carbonyl (C=O) groups is 4. The lowest BCUT2D eigenvalue weighted by Gasteiger charge is -2.24. The van der Waals surface area contributed by atoms with Crippen LogP contribution >= 0.6 is 0 Å². The second-order valence-corrected chi connectivity index (χ2v) is 7.05. The van der Waals surface area contributed by atoms with E-state index in [-0.39, 0.29) is 6.42 Å². The van der Waals surface area contributed by atoms with Crippen LogP contribution in [0.5, 0.6) is 0 Å². The molecule has 0 aliphatic heterocycles. The molecule has 1 aromatic heterocycles. The minimum Gasteiger partial charge on any atom is -0.480 e. The minimum absolute atomic E-state index is 0.0680. The van der Waals surface area contributed by atoms with E-state index in [1.54, 1.807) is 6.20 Å². The monoisotopic (exact) mass is 434 g/mol. The van der Waals surface area contributed by atoms with Crippen molar-refractivity contribution in [3.05, 3.63) is 36.0 Å². The van der Waals surface area contributed by atoms with Crippen molar-refractivity contribution in [3.8, 4) is 0 Å². The van der Waals surface area contributed by atoms with Crippen molar-refractivity contribution < 1.29 is 29.4 Å². The highest BCUT2D eigenvalue weighted by molar-refractivity contribution is 5.97. The Labute approximate surface area is 180 Å². The molecule has 0 spiro atoms. The molecule has 2 amide bonds. The molecule has 2 aromatic rings. The van der Waals surface area contributed by atoms with Gasteiger partial charge >= 0.3 is 11.9 Å². The number of benzene rings is 1. The van der Waals surface area contributed by atoms with Crippen molar-refractivity contribution in [3.63, 3.8) is 0 Å². The van der Waals surface area contributed by atoms with Crippen molar-refractivity contribution in [2.24, 2.45) is 11.5 Å². The second-order valence-electron chi connectivity index (χ2n) is 7.05. The van der Waals surface area contributed by atoms with Gasteiger partial charge in [0.05, 0.1) is 0 Å². The number of rotatable bonds is 9. The molecule has 10 nitrogen and oxygen atoms in total. The second kappa shape index (κ2) is 12.5. The summed E-state index contributed by atoms with van der Waals surface area (Å²) >= 11 is 0. The molecule has 0 saturated carbocycles. The van der Waals surface area contributed by atoms with Crippen LogP contribution in [-0.2, 0) is 25.6 Å². The van der Waals surface area contributed by atoms with E-state index < -0.39 is 35.8 Å². The van der Waals surface area contributed by atoms with E-state index in [1.807, 2.05) is 24.3 Å². The number of unbranched alkanes of at least 4 members (excludes halogenated alkanes) is 1. The molecule has 0 aliphatic carbocycles. The van der Waals surface area contributed by atoms with E-state index in [2.05, 4.69) is 4.98 Å². The molecule has 170 valence electrons. The number of amides is 2. The number of carboxylic acids is 2. The number of fused-ring (bicyclic) bond motifs is 1. The predicted molar refractivity (Wildman–Crippen MR) is 115 cm³/mol. The van der Waals surface area contributed by atoms with Crippen molar-refractivity contribution in [2.45, 2.75) is 51.6 Å². The van der Waals surface area contributed by atoms with E-state index in [0.29, 0.717) is 13.0 Å². The first kappa shape index (κ1) is 25.8. The average molecular weight is 434 g/mol. The summed E-state index contributed by atoms with van der Waals surface area (Å²) in [5, 5.41) is 18.6. The third-order valence-electron chi connectivity index (χ3n) is 4.65. The summed E-state index contributed by atoms with van der Waals surface area (Å²) in [4.78, 5) is 48.5. The van der Waals surface area contributed by atoms with Crippen molar-refractivity contribution in [1.82, 2.24) is 9.88 Å². The molecule has 0 radical (unpaired) electrons. The fourth-order valence-electron chi connectivity index (χ4n) is 3.09. The van der Waals surface area contributed by atoms with E-state index >= 15 is 0 Å². The Balaban J connectivity index is 0.000000407. The first-order chi connectivity index (χ1) is 14.6.